The zero-order valence-electron chi connectivity index (χ0n) is 16.0. The number of nitrogens with zero attached hydrogens (tertiary/aromatic N) is 4. The van der Waals surface area contributed by atoms with Crippen molar-refractivity contribution in [1.82, 2.24) is 14.5 Å². The maximum absolute atomic E-state index is 11.2. The molecule has 1 aromatic heterocycles. The van der Waals surface area contributed by atoms with Crippen molar-refractivity contribution in [3.05, 3.63) is 53.9 Å². The Morgan fingerprint density at radius 1 is 1.11 bits per heavy atom. The zero-order chi connectivity index (χ0) is 19.8. The molecule has 2 heterocycles. The van der Waals surface area contributed by atoms with Crippen LogP contribution < -0.4 is 10.0 Å². The molecule has 1 atom stereocenters. The van der Waals surface area contributed by atoms with Gasteiger partial charge < -0.3 is 24.8 Å². The molecule has 3 aromatic rings. The SMILES string of the molecule is CC(O)c1nc2cc(C(=O)[O-])ccc2n1-c1cccc(N2CCN(C)CC2)c1. The topological polar surface area (TPSA) is 84.7 Å². The Balaban J connectivity index is 1.81. The van der Waals surface area contributed by atoms with Crippen LogP contribution in [0, 0.1) is 0 Å². The second-order valence-corrected chi connectivity index (χ2v) is 7.28. The monoisotopic (exact) mass is 379 g/mol. The number of carbonyl (C=O) groups excluding carboxylic acids is 1. The molecule has 2 aromatic carbocycles. The molecule has 146 valence electrons. The predicted molar refractivity (Wildman–Crippen MR) is 106 cm³/mol. The lowest BCUT2D eigenvalue weighted by Gasteiger charge is -2.34. The molecule has 1 aliphatic rings. The number of rotatable bonds is 4. The second kappa shape index (κ2) is 7.26. The molecule has 28 heavy (non-hydrogen) atoms. The van der Waals surface area contributed by atoms with Crippen molar-refractivity contribution in [2.45, 2.75) is 13.0 Å². The molecule has 1 unspecified atom stereocenters. The minimum absolute atomic E-state index is 0.0699. The van der Waals surface area contributed by atoms with E-state index in [9.17, 15) is 15.0 Å². The first kappa shape index (κ1) is 18.5. The van der Waals surface area contributed by atoms with Crippen LogP contribution in [0.15, 0.2) is 42.5 Å². The summed E-state index contributed by atoms with van der Waals surface area (Å²) in [4.78, 5) is 20.3. The van der Waals surface area contributed by atoms with Crippen LogP contribution in [0.2, 0.25) is 0 Å². The first-order valence-electron chi connectivity index (χ1n) is 9.40. The summed E-state index contributed by atoms with van der Waals surface area (Å²) in [5, 5.41) is 21.4. The normalized spacial score (nSPS) is 16.5. The largest absolute Gasteiger partial charge is 0.545 e. The second-order valence-electron chi connectivity index (χ2n) is 7.28. The number of carboxylic acid groups (broad SMARTS) is 1. The Morgan fingerprint density at radius 2 is 1.82 bits per heavy atom. The molecule has 1 saturated heterocycles. The van der Waals surface area contributed by atoms with Gasteiger partial charge in [-0.15, -0.1) is 0 Å². The lowest BCUT2D eigenvalue weighted by atomic mass is 10.2. The number of hydrogen-bond donors (Lipinski definition) is 1. The van der Waals surface area contributed by atoms with Crippen molar-refractivity contribution in [3.63, 3.8) is 0 Å². The van der Waals surface area contributed by atoms with Crippen LogP contribution in [0.1, 0.15) is 29.2 Å². The molecular weight excluding hydrogens is 356 g/mol. The average molecular weight is 379 g/mol. The van der Waals surface area contributed by atoms with Gasteiger partial charge >= 0.3 is 0 Å². The zero-order valence-corrected chi connectivity index (χ0v) is 16.0. The lowest BCUT2D eigenvalue weighted by molar-refractivity contribution is -0.255. The first-order chi connectivity index (χ1) is 13.4. The number of carbonyl (C=O) groups is 1. The van der Waals surface area contributed by atoms with Gasteiger partial charge in [-0.1, -0.05) is 12.1 Å². The van der Waals surface area contributed by atoms with Gasteiger partial charge in [0.25, 0.3) is 0 Å². The van der Waals surface area contributed by atoms with Gasteiger partial charge in [0.2, 0.25) is 0 Å². The number of likely N-dealkylation sites (N-methyl/N-ethyl adjacent to an activating group) is 1. The molecule has 4 rings (SSSR count). The highest BCUT2D eigenvalue weighted by atomic mass is 16.4. The van der Waals surface area contributed by atoms with Gasteiger partial charge in [0.05, 0.1) is 17.0 Å². The predicted octanol–water partition coefficient (Wildman–Crippen LogP) is 1.19. The number of aliphatic hydroxyl groups excluding tert-OH is 1. The van der Waals surface area contributed by atoms with Gasteiger partial charge in [0, 0.05) is 37.6 Å². The Labute approximate surface area is 163 Å². The number of anilines is 1. The van der Waals surface area contributed by atoms with Gasteiger partial charge in [-0.2, -0.15) is 0 Å². The molecule has 1 aliphatic heterocycles. The van der Waals surface area contributed by atoms with E-state index in [1.807, 2.05) is 16.7 Å². The van der Waals surface area contributed by atoms with Crippen LogP contribution in [-0.2, 0) is 0 Å². The molecule has 0 radical (unpaired) electrons. The molecule has 1 N–H and O–H groups in total. The molecule has 1 fully saturated rings. The Kier molecular flexibility index (Phi) is 4.78. The molecule has 0 aliphatic carbocycles. The number of carboxylic acids is 1. The molecule has 7 nitrogen and oxygen atoms in total. The smallest absolute Gasteiger partial charge is 0.143 e. The first-order valence-corrected chi connectivity index (χ1v) is 9.40. The Bertz CT molecular complexity index is 1020. The fourth-order valence-corrected chi connectivity index (χ4v) is 3.67. The number of hydrogen-bond acceptors (Lipinski definition) is 6. The van der Waals surface area contributed by atoms with Gasteiger partial charge in [-0.05, 0) is 49.9 Å². The van der Waals surface area contributed by atoms with E-state index in [1.165, 1.54) is 12.1 Å². The molecule has 7 heteroatoms. The summed E-state index contributed by atoms with van der Waals surface area (Å²) in [7, 11) is 2.13. The van der Waals surface area contributed by atoms with E-state index in [2.05, 4.69) is 34.0 Å². The van der Waals surface area contributed by atoms with Gasteiger partial charge in [-0.3, -0.25) is 4.57 Å². The summed E-state index contributed by atoms with van der Waals surface area (Å²) in [6.07, 6.45) is -0.800. The maximum atomic E-state index is 11.2. The van der Waals surface area contributed by atoms with E-state index in [-0.39, 0.29) is 5.56 Å². The van der Waals surface area contributed by atoms with Crippen LogP contribution >= 0.6 is 0 Å². The van der Waals surface area contributed by atoms with E-state index in [0.29, 0.717) is 11.3 Å². The third-order valence-corrected chi connectivity index (χ3v) is 5.25. The maximum Gasteiger partial charge on any atom is 0.143 e. The molecule has 0 bridgehead atoms. The molecular formula is C21H23N4O3-. The molecule has 0 amide bonds. The minimum Gasteiger partial charge on any atom is -0.545 e. The van der Waals surface area contributed by atoms with Crippen molar-refractivity contribution < 1.29 is 15.0 Å². The van der Waals surface area contributed by atoms with E-state index < -0.39 is 12.1 Å². The highest BCUT2D eigenvalue weighted by Gasteiger charge is 2.19. The van der Waals surface area contributed by atoms with Crippen LogP contribution in [0.25, 0.3) is 16.7 Å². The van der Waals surface area contributed by atoms with Gasteiger partial charge in [-0.25, -0.2) is 4.98 Å². The third kappa shape index (κ3) is 3.34. The lowest BCUT2D eigenvalue weighted by Crippen LogP contribution is -2.44. The quantitative estimate of drug-likeness (QED) is 0.733. The summed E-state index contributed by atoms with van der Waals surface area (Å²) < 4.78 is 1.89. The van der Waals surface area contributed by atoms with Crippen LogP contribution in [0.5, 0.6) is 0 Å². The minimum atomic E-state index is -1.24. The highest BCUT2D eigenvalue weighted by Crippen LogP contribution is 2.28. The number of fused-ring (bicyclic) bond motifs is 1. The summed E-state index contributed by atoms with van der Waals surface area (Å²) in [5.74, 6) is -0.770. The Hall–Kier alpha value is -2.90. The number of aliphatic hydroxyl groups is 1. The highest BCUT2D eigenvalue weighted by molar-refractivity contribution is 5.91. The molecule has 0 saturated carbocycles. The summed E-state index contributed by atoms with van der Waals surface area (Å²) in [5.41, 5.74) is 3.34. The fraction of sp³-hybridized carbons (Fsp3) is 0.333. The average Bonchev–Trinajstić information content (AvgIpc) is 3.07. The standard InChI is InChI=1S/C21H24N4O3/c1-14(26)20-22-18-12-15(21(27)28)6-7-19(18)25(20)17-5-3-4-16(13-17)24-10-8-23(2)9-11-24/h3-7,12-14,26H,8-11H2,1-2H3,(H,27,28)/p-1. The van der Waals surface area contributed by atoms with E-state index in [4.69, 9.17) is 0 Å². The summed E-state index contributed by atoms with van der Waals surface area (Å²) in [6.45, 7) is 5.61. The number of aromatic carboxylic acids is 1. The van der Waals surface area contributed by atoms with Crippen molar-refractivity contribution >= 4 is 22.7 Å². The number of aromatic nitrogens is 2. The van der Waals surface area contributed by atoms with Crippen molar-refractivity contribution in [2.24, 2.45) is 0 Å². The fourth-order valence-electron chi connectivity index (χ4n) is 3.67. The van der Waals surface area contributed by atoms with Crippen molar-refractivity contribution in [1.29, 1.82) is 0 Å². The van der Waals surface area contributed by atoms with E-state index in [1.54, 1.807) is 13.0 Å². The van der Waals surface area contributed by atoms with Crippen LogP contribution in [-0.4, -0.2) is 58.8 Å². The Morgan fingerprint density at radius 3 is 2.50 bits per heavy atom. The third-order valence-electron chi connectivity index (χ3n) is 5.25. The summed E-state index contributed by atoms with van der Waals surface area (Å²) >= 11 is 0. The molecule has 0 spiro atoms. The van der Waals surface area contributed by atoms with Crippen LogP contribution in [0.3, 0.4) is 0 Å². The van der Waals surface area contributed by atoms with Gasteiger partial charge in [0.15, 0.2) is 0 Å². The van der Waals surface area contributed by atoms with Crippen molar-refractivity contribution in [3.8, 4) is 5.69 Å². The van der Waals surface area contributed by atoms with Crippen molar-refractivity contribution in [2.75, 3.05) is 38.1 Å². The number of piperazine rings is 1. The van der Waals surface area contributed by atoms with Crippen LogP contribution in [0.4, 0.5) is 5.69 Å². The summed E-state index contributed by atoms with van der Waals surface area (Å²) in [6, 6.07) is 12.8. The van der Waals surface area contributed by atoms with E-state index >= 15 is 0 Å². The number of imidazole rings is 1. The number of benzene rings is 2. The van der Waals surface area contributed by atoms with Gasteiger partial charge in [0.1, 0.15) is 11.9 Å². The van der Waals surface area contributed by atoms with E-state index in [0.717, 1.165) is 43.1 Å².